The van der Waals surface area contributed by atoms with Crippen LogP contribution in [0.15, 0.2) is 22.7 Å². The summed E-state index contributed by atoms with van der Waals surface area (Å²) in [7, 11) is 1.43. The van der Waals surface area contributed by atoms with Crippen LogP contribution < -0.4 is 15.6 Å². The molecule has 0 aliphatic heterocycles. The van der Waals surface area contributed by atoms with Crippen LogP contribution in [0.4, 0.5) is 5.82 Å². The van der Waals surface area contributed by atoms with Crippen LogP contribution in [0.3, 0.4) is 0 Å². The maximum Gasteiger partial charge on any atom is 0.295 e. The predicted octanol–water partition coefficient (Wildman–Crippen LogP) is 0.847. The molecule has 2 heterocycles. The van der Waals surface area contributed by atoms with E-state index in [4.69, 9.17) is 4.74 Å². The van der Waals surface area contributed by atoms with Crippen molar-refractivity contribution in [3.63, 3.8) is 0 Å². The second kappa shape index (κ2) is 4.75. The number of rotatable bonds is 4. The Hall–Kier alpha value is -1.89. The van der Waals surface area contributed by atoms with Crippen LogP contribution in [0.2, 0.25) is 0 Å². The van der Waals surface area contributed by atoms with Crippen LogP contribution >= 0.6 is 11.3 Å². The molecule has 0 atom stereocenters. The molecule has 0 aliphatic rings. The molecule has 0 saturated heterocycles. The summed E-state index contributed by atoms with van der Waals surface area (Å²) in [6, 6.07) is 0. The van der Waals surface area contributed by atoms with Gasteiger partial charge in [0.05, 0.1) is 20.0 Å². The van der Waals surface area contributed by atoms with Gasteiger partial charge >= 0.3 is 0 Å². The predicted molar refractivity (Wildman–Crippen MR) is 60.9 cm³/mol. The van der Waals surface area contributed by atoms with E-state index in [2.05, 4.69) is 20.3 Å². The Morgan fingerprint density at radius 3 is 3.12 bits per heavy atom. The first kappa shape index (κ1) is 10.6. The van der Waals surface area contributed by atoms with Gasteiger partial charge in [0, 0.05) is 11.6 Å². The van der Waals surface area contributed by atoms with Crippen molar-refractivity contribution >= 4 is 17.2 Å². The Morgan fingerprint density at radius 1 is 1.56 bits per heavy atom. The number of methoxy groups -OCH3 is 1. The number of thiazole rings is 1. The molecule has 2 rings (SSSR count). The van der Waals surface area contributed by atoms with Gasteiger partial charge in [-0.05, 0) is 0 Å². The van der Waals surface area contributed by atoms with E-state index in [1.54, 1.807) is 6.20 Å². The Balaban J connectivity index is 2.15. The molecule has 2 N–H and O–H groups in total. The minimum absolute atomic E-state index is 0.180. The third-order valence-corrected chi connectivity index (χ3v) is 2.68. The monoisotopic (exact) mass is 238 g/mol. The van der Waals surface area contributed by atoms with Crippen LogP contribution in [0.5, 0.6) is 5.75 Å². The van der Waals surface area contributed by atoms with Crippen LogP contribution in [0.1, 0.15) is 5.01 Å². The first-order valence-corrected chi connectivity index (χ1v) is 5.43. The molecule has 0 fully saturated rings. The number of aromatic nitrogens is 3. The van der Waals surface area contributed by atoms with Crippen LogP contribution in [-0.4, -0.2) is 22.1 Å². The average molecular weight is 238 g/mol. The van der Waals surface area contributed by atoms with E-state index in [-0.39, 0.29) is 11.3 Å². The third kappa shape index (κ3) is 2.19. The molecule has 16 heavy (non-hydrogen) atoms. The van der Waals surface area contributed by atoms with Gasteiger partial charge in [-0.1, -0.05) is 0 Å². The van der Waals surface area contributed by atoms with Crippen molar-refractivity contribution in [1.29, 1.82) is 0 Å². The van der Waals surface area contributed by atoms with Gasteiger partial charge in [-0.15, -0.1) is 11.3 Å². The Labute approximate surface area is 95.3 Å². The van der Waals surface area contributed by atoms with E-state index in [9.17, 15) is 4.79 Å². The maximum absolute atomic E-state index is 11.4. The summed E-state index contributed by atoms with van der Waals surface area (Å²) in [4.78, 5) is 21.9. The molecule has 0 aliphatic carbocycles. The van der Waals surface area contributed by atoms with Crippen LogP contribution in [0, 0.1) is 0 Å². The van der Waals surface area contributed by atoms with Crippen molar-refractivity contribution < 1.29 is 4.74 Å². The SMILES string of the molecule is COc1c(NCc2nccs2)nc[nH]c1=O. The number of nitrogens with zero attached hydrogens (tertiary/aromatic N) is 2. The van der Waals surface area contributed by atoms with E-state index in [0.29, 0.717) is 12.4 Å². The fourth-order valence-electron chi connectivity index (χ4n) is 1.20. The zero-order chi connectivity index (χ0) is 11.4. The molecular weight excluding hydrogens is 228 g/mol. The summed E-state index contributed by atoms with van der Waals surface area (Å²) in [6.07, 6.45) is 3.05. The quantitative estimate of drug-likeness (QED) is 0.825. The van der Waals surface area contributed by atoms with Crippen molar-refractivity contribution in [3.8, 4) is 5.75 Å². The van der Waals surface area contributed by atoms with E-state index < -0.39 is 0 Å². The summed E-state index contributed by atoms with van der Waals surface area (Å²) in [5.41, 5.74) is -0.306. The molecule has 7 heteroatoms. The zero-order valence-electron chi connectivity index (χ0n) is 8.56. The first-order valence-electron chi connectivity index (χ1n) is 4.55. The first-order chi connectivity index (χ1) is 7.81. The number of ether oxygens (including phenoxy) is 1. The lowest BCUT2D eigenvalue weighted by Crippen LogP contribution is -2.13. The molecule has 2 aromatic heterocycles. The smallest absolute Gasteiger partial charge is 0.295 e. The standard InChI is InChI=1S/C9H10N4O2S/c1-15-7-8(12-5-13-9(7)14)11-4-6-10-2-3-16-6/h2-3,5H,4H2,1H3,(H2,11,12,13,14). The average Bonchev–Trinajstić information content (AvgIpc) is 2.79. The molecule has 0 amide bonds. The Bertz CT molecular complexity index is 508. The number of nitrogens with one attached hydrogen (secondary N) is 2. The van der Waals surface area contributed by atoms with Gasteiger partial charge in [-0.25, -0.2) is 9.97 Å². The van der Waals surface area contributed by atoms with Crippen molar-refractivity contribution in [2.75, 3.05) is 12.4 Å². The topological polar surface area (TPSA) is 79.9 Å². The minimum atomic E-state index is -0.306. The molecular formula is C9H10N4O2S. The number of hydrogen-bond donors (Lipinski definition) is 2. The lowest BCUT2D eigenvalue weighted by atomic mass is 10.5. The van der Waals surface area contributed by atoms with E-state index in [1.165, 1.54) is 24.8 Å². The number of anilines is 1. The van der Waals surface area contributed by atoms with Crippen molar-refractivity contribution in [2.24, 2.45) is 0 Å². The molecule has 2 aromatic rings. The van der Waals surface area contributed by atoms with Crippen LogP contribution in [0.25, 0.3) is 0 Å². The zero-order valence-corrected chi connectivity index (χ0v) is 9.37. The van der Waals surface area contributed by atoms with Gasteiger partial charge in [-0.3, -0.25) is 4.79 Å². The highest BCUT2D eigenvalue weighted by Gasteiger charge is 2.08. The molecule has 0 unspecified atom stereocenters. The Kier molecular flexibility index (Phi) is 3.16. The normalized spacial score (nSPS) is 10.1. The maximum atomic E-state index is 11.4. The second-order valence-electron chi connectivity index (χ2n) is 2.89. The summed E-state index contributed by atoms with van der Waals surface area (Å²) in [5.74, 6) is 0.598. The van der Waals surface area contributed by atoms with Gasteiger partial charge in [-0.2, -0.15) is 0 Å². The fourth-order valence-corrected chi connectivity index (χ4v) is 1.76. The largest absolute Gasteiger partial charge is 0.489 e. The van der Waals surface area contributed by atoms with E-state index in [0.717, 1.165) is 5.01 Å². The fraction of sp³-hybridized carbons (Fsp3) is 0.222. The number of hydrogen-bond acceptors (Lipinski definition) is 6. The summed E-state index contributed by atoms with van der Waals surface area (Å²) < 4.78 is 4.96. The molecule has 6 nitrogen and oxygen atoms in total. The van der Waals surface area contributed by atoms with E-state index >= 15 is 0 Å². The van der Waals surface area contributed by atoms with E-state index in [1.807, 2.05) is 5.38 Å². The van der Waals surface area contributed by atoms with Crippen molar-refractivity contribution in [3.05, 3.63) is 33.3 Å². The van der Waals surface area contributed by atoms with Gasteiger partial charge in [0.1, 0.15) is 5.01 Å². The van der Waals surface area contributed by atoms with Gasteiger partial charge < -0.3 is 15.0 Å². The highest BCUT2D eigenvalue weighted by atomic mass is 32.1. The molecule has 0 bridgehead atoms. The highest BCUT2D eigenvalue weighted by molar-refractivity contribution is 7.09. The van der Waals surface area contributed by atoms with Crippen molar-refractivity contribution in [1.82, 2.24) is 15.0 Å². The minimum Gasteiger partial charge on any atom is -0.489 e. The van der Waals surface area contributed by atoms with Gasteiger partial charge in [0.25, 0.3) is 5.56 Å². The molecule has 0 saturated carbocycles. The van der Waals surface area contributed by atoms with Crippen molar-refractivity contribution in [2.45, 2.75) is 6.54 Å². The van der Waals surface area contributed by atoms with Gasteiger partial charge in [0.2, 0.25) is 5.75 Å². The third-order valence-electron chi connectivity index (χ3n) is 1.91. The second-order valence-corrected chi connectivity index (χ2v) is 3.87. The molecule has 0 radical (unpaired) electrons. The lowest BCUT2D eigenvalue weighted by molar-refractivity contribution is 0.408. The lowest BCUT2D eigenvalue weighted by Gasteiger charge is -2.06. The number of H-pyrrole nitrogens is 1. The number of aromatic amines is 1. The van der Waals surface area contributed by atoms with Crippen LogP contribution in [-0.2, 0) is 6.54 Å². The molecule has 0 spiro atoms. The molecule has 0 aromatic carbocycles. The summed E-state index contributed by atoms with van der Waals surface area (Å²) in [5, 5.41) is 5.81. The molecule has 84 valence electrons. The van der Waals surface area contributed by atoms with Gasteiger partial charge in [0.15, 0.2) is 5.82 Å². The highest BCUT2D eigenvalue weighted by Crippen LogP contribution is 2.15. The summed E-state index contributed by atoms with van der Waals surface area (Å²) in [6.45, 7) is 0.518. The summed E-state index contributed by atoms with van der Waals surface area (Å²) >= 11 is 1.53. The Morgan fingerprint density at radius 2 is 2.44 bits per heavy atom.